The van der Waals surface area contributed by atoms with Gasteiger partial charge in [-0.15, -0.1) is 0 Å². The zero-order chi connectivity index (χ0) is 24.4. The third kappa shape index (κ3) is 5.15. The summed E-state index contributed by atoms with van der Waals surface area (Å²) in [5.74, 6) is 0.171. The van der Waals surface area contributed by atoms with Crippen molar-refractivity contribution in [3.63, 3.8) is 0 Å². The number of hydrogen-bond donors (Lipinski definition) is 1. The van der Waals surface area contributed by atoms with Gasteiger partial charge in [-0.1, -0.05) is 36.4 Å². The summed E-state index contributed by atoms with van der Waals surface area (Å²) < 4.78 is 36.8. The van der Waals surface area contributed by atoms with Crippen molar-refractivity contribution in [2.75, 3.05) is 26.3 Å². The molecule has 0 radical (unpaired) electrons. The number of sulfonamides is 1. The highest BCUT2D eigenvalue weighted by Crippen LogP contribution is 2.30. The highest BCUT2D eigenvalue weighted by molar-refractivity contribution is 7.89. The number of carbonyl (C=O) groups is 1. The predicted octanol–water partition coefficient (Wildman–Crippen LogP) is 3.93. The lowest BCUT2D eigenvalue weighted by atomic mass is 9.85. The molecule has 1 saturated carbocycles. The van der Waals surface area contributed by atoms with Crippen LogP contribution < -0.4 is 4.72 Å². The van der Waals surface area contributed by atoms with Crippen LogP contribution in [0.15, 0.2) is 59.5 Å². The number of aryl methyl sites for hydroxylation is 1. The van der Waals surface area contributed by atoms with E-state index in [0.717, 1.165) is 35.1 Å². The molecule has 1 saturated heterocycles. The van der Waals surface area contributed by atoms with Crippen LogP contribution in [0.4, 0.5) is 0 Å². The van der Waals surface area contributed by atoms with Crippen molar-refractivity contribution in [1.29, 1.82) is 0 Å². The maximum Gasteiger partial charge on any atom is 0.240 e. The van der Waals surface area contributed by atoms with Gasteiger partial charge in [0.05, 0.1) is 11.5 Å². The van der Waals surface area contributed by atoms with Crippen molar-refractivity contribution in [3.05, 3.63) is 54.6 Å². The van der Waals surface area contributed by atoms with E-state index < -0.39 is 10.0 Å². The first-order valence-corrected chi connectivity index (χ1v) is 13.9. The van der Waals surface area contributed by atoms with Crippen LogP contribution in [0.3, 0.4) is 0 Å². The molecule has 0 unspecified atom stereocenters. The molecule has 1 amide bonds. The van der Waals surface area contributed by atoms with Gasteiger partial charge >= 0.3 is 0 Å². The molecule has 7 nitrogen and oxygen atoms in total. The molecule has 1 N–H and O–H groups in total. The molecule has 0 atom stereocenters. The normalized spacial score (nSPS) is 21.7. The maximum absolute atomic E-state index is 13.2. The molecule has 1 aliphatic heterocycles. The van der Waals surface area contributed by atoms with Gasteiger partial charge in [-0.3, -0.25) is 4.79 Å². The van der Waals surface area contributed by atoms with Gasteiger partial charge in [0.2, 0.25) is 15.9 Å². The Morgan fingerprint density at radius 2 is 1.74 bits per heavy atom. The minimum atomic E-state index is -3.66. The van der Waals surface area contributed by atoms with Crippen LogP contribution in [0.5, 0.6) is 0 Å². The predicted molar refractivity (Wildman–Crippen MR) is 136 cm³/mol. The van der Waals surface area contributed by atoms with Gasteiger partial charge in [-0.05, 0) is 55.9 Å². The van der Waals surface area contributed by atoms with E-state index in [1.165, 1.54) is 0 Å². The minimum Gasteiger partial charge on any atom is -0.380 e. The molecule has 186 valence electrons. The number of rotatable bonds is 5. The highest BCUT2D eigenvalue weighted by atomic mass is 32.2. The number of ether oxygens (including phenoxy) is 1. The Morgan fingerprint density at radius 3 is 2.51 bits per heavy atom. The number of nitrogens with one attached hydrogen (secondary N) is 1. The van der Waals surface area contributed by atoms with E-state index in [1.54, 1.807) is 12.1 Å². The smallest absolute Gasteiger partial charge is 0.240 e. The summed E-state index contributed by atoms with van der Waals surface area (Å²) in [5, 5.41) is 1.00. The number of nitrogens with zero attached hydrogens (tertiary/aromatic N) is 2. The van der Waals surface area contributed by atoms with E-state index in [-0.39, 0.29) is 22.8 Å². The number of aromatic nitrogens is 1. The minimum absolute atomic E-state index is 0.0232. The molecule has 3 aromatic rings. The van der Waals surface area contributed by atoms with Gasteiger partial charge in [0.15, 0.2) is 0 Å². The van der Waals surface area contributed by atoms with Crippen molar-refractivity contribution in [1.82, 2.24) is 14.2 Å². The molecular weight excluding hydrogens is 462 g/mol. The number of fused-ring (bicyclic) bond motifs is 1. The summed E-state index contributed by atoms with van der Waals surface area (Å²) in [4.78, 5) is 15.1. The quantitative estimate of drug-likeness (QED) is 0.582. The number of hydrogen-bond acceptors (Lipinski definition) is 4. The van der Waals surface area contributed by atoms with Gasteiger partial charge in [-0.25, -0.2) is 13.1 Å². The van der Waals surface area contributed by atoms with Crippen LogP contribution in [-0.2, 0) is 26.6 Å². The van der Waals surface area contributed by atoms with E-state index in [0.29, 0.717) is 45.4 Å². The van der Waals surface area contributed by atoms with E-state index in [9.17, 15) is 13.2 Å². The van der Waals surface area contributed by atoms with Crippen molar-refractivity contribution in [2.45, 2.75) is 43.0 Å². The standard InChI is InChI=1S/C27H33N3O4S/c1-29-25(20-6-3-2-4-7-20)18-22-10-13-24(19-26(22)29)35(32,33)28-23-11-8-21(9-12-23)27(31)30-14-5-16-34-17-15-30/h2-4,6-7,10,13,18-19,21,23,28H,5,8-9,11-12,14-17H2,1H3. The second kappa shape index (κ2) is 10.1. The Labute approximate surface area is 207 Å². The van der Waals surface area contributed by atoms with Gasteiger partial charge in [0.25, 0.3) is 0 Å². The van der Waals surface area contributed by atoms with Crippen LogP contribution in [0, 0.1) is 5.92 Å². The second-order valence-electron chi connectivity index (χ2n) is 9.64. The molecule has 2 heterocycles. The van der Waals surface area contributed by atoms with Crippen molar-refractivity contribution in [2.24, 2.45) is 13.0 Å². The number of benzene rings is 2. The van der Waals surface area contributed by atoms with Crippen LogP contribution >= 0.6 is 0 Å². The van der Waals surface area contributed by atoms with Gasteiger partial charge in [0, 0.05) is 55.3 Å². The van der Waals surface area contributed by atoms with Gasteiger partial charge in [-0.2, -0.15) is 0 Å². The van der Waals surface area contributed by atoms with Crippen LogP contribution in [0.1, 0.15) is 32.1 Å². The third-order valence-electron chi connectivity index (χ3n) is 7.33. The summed E-state index contributed by atoms with van der Waals surface area (Å²) in [6, 6.07) is 17.3. The molecule has 0 spiro atoms. The Bertz CT molecular complexity index is 1290. The molecular formula is C27H33N3O4S. The molecule has 5 rings (SSSR count). The number of carbonyl (C=O) groups excluding carboxylic acids is 1. The topological polar surface area (TPSA) is 80.6 Å². The Kier molecular flexibility index (Phi) is 6.95. The molecule has 1 aliphatic carbocycles. The average Bonchev–Trinajstić information content (AvgIpc) is 3.02. The zero-order valence-electron chi connectivity index (χ0n) is 20.2. The summed E-state index contributed by atoms with van der Waals surface area (Å²) in [6.45, 7) is 2.71. The first-order chi connectivity index (χ1) is 16.9. The van der Waals surface area contributed by atoms with Crippen molar-refractivity contribution in [3.8, 4) is 11.3 Å². The molecule has 1 aromatic heterocycles. The second-order valence-corrected chi connectivity index (χ2v) is 11.4. The molecule has 2 aliphatic rings. The van der Waals surface area contributed by atoms with Crippen LogP contribution in [0.25, 0.3) is 22.2 Å². The molecule has 2 fully saturated rings. The van der Waals surface area contributed by atoms with Gasteiger partial charge in [0.1, 0.15) is 0 Å². The first kappa shape index (κ1) is 24.0. The SMILES string of the molecule is Cn1c(-c2ccccc2)cc2ccc(S(=O)(=O)NC3CCC(C(=O)N4CCCOCC4)CC3)cc21. The monoisotopic (exact) mass is 495 g/mol. The van der Waals surface area contributed by atoms with Crippen molar-refractivity contribution >= 4 is 26.8 Å². The molecule has 0 bridgehead atoms. The summed E-state index contributed by atoms with van der Waals surface area (Å²) in [7, 11) is -1.70. The van der Waals surface area contributed by atoms with E-state index >= 15 is 0 Å². The Morgan fingerprint density at radius 1 is 0.971 bits per heavy atom. The lowest BCUT2D eigenvalue weighted by Gasteiger charge is -2.31. The largest absolute Gasteiger partial charge is 0.380 e. The average molecular weight is 496 g/mol. The molecule has 8 heteroatoms. The first-order valence-electron chi connectivity index (χ1n) is 12.5. The fourth-order valence-electron chi connectivity index (χ4n) is 5.33. The number of amides is 1. The molecule has 35 heavy (non-hydrogen) atoms. The lowest BCUT2D eigenvalue weighted by molar-refractivity contribution is -0.136. The van der Waals surface area contributed by atoms with E-state index in [4.69, 9.17) is 4.74 Å². The molecule has 2 aromatic carbocycles. The Balaban J connectivity index is 1.26. The summed E-state index contributed by atoms with van der Waals surface area (Å²) >= 11 is 0. The summed E-state index contributed by atoms with van der Waals surface area (Å²) in [6.07, 6.45) is 3.63. The Hall–Kier alpha value is -2.68. The van der Waals surface area contributed by atoms with Crippen molar-refractivity contribution < 1.29 is 17.9 Å². The van der Waals surface area contributed by atoms with Crippen LogP contribution in [-0.4, -0.2) is 56.1 Å². The zero-order valence-corrected chi connectivity index (χ0v) is 21.0. The van der Waals surface area contributed by atoms with E-state index in [2.05, 4.69) is 22.9 Å². The van der Waals surface area contributed by atoms with Gasteiger partial charge < -0.3 is 14.2 Å². The third-order valence-corrected chi connectivity index (χ3v) is 8.85. The lowest BCUT2D eigenvalue weighted by Crippen LogP contribution is -2.43. The van der Waals surface area contributed by atoms with E-state index in [1.807, 2.05) is 40.8 Å². The fraction of sp³-hybridized carbons (Fsp3) is 0.444. The highest BCUT2D eigenvalue weighted by Gasteiger charge is 2.31. The summed E-state index contributed by atoms with van der Waals surface area (Å²) in [5.41, 5.74) is 3.01. The van der Waals surface area contributed by atoms with Crippen LogP contribution in [0.2, 0.25) is 0 Å². The maximum atomic E-state index is 13.2. The fourth-order valence-corrected chi connectivity index (χ4v) is 6.66.